The monoisotopic (exact) mass is 372 g/mol. The molecule has 0 radical (unpaired) electrons. The van der Waals surface area contributed by atoms with E-state index in [1.807, 2.05) is 6.07 Å². The Hall–Kier alpha value is -2.65. The Morgan fingerprint density at radius 3 is 2.39 bits per heavy atom. The molecule has 0 aliphatic heterocycles. The molecule has 0 N–H and O–H groups in total. The minimum atomic E-state index is 0.125. The van der Waals surface area contributed by atoms with Crippen molar-refractivity contribution in [2.45, 2.75) is 18.9 Å². The van der Waals surface area contributed by atoms with Crippen LogP contribution in [0, 0.1) is 5.92 Å². The van der Waals surface area contributed by atoms with Gasteiger partial charge < -0.3 is 9.80 Å². The lowest BCUT2D eigenvalue weighted by molar-refractivity contribution is -0.133. The quantitative estimate of drug-likeness (QED) is 0.608. The van der Waals surface area contributed by atoms with E-state index in [9.17, 15) is 4.79 Å². The predicted molar refractivity (Wildman–Crippen MR) is 115 cm³/mol. The minimum absolute atomic E-state index is 0.125. The van der Waals surface area contributed by atoms with Crippen LogP contribution in [0.4, 0.5) is 0 Å². The third kappa shape index (κ3) is 4.10. The van der Waals surface area contributed by atoms with Crippen LogP contribution in [0.1, 0.15) is 23.5 Å². The van der Waals surface area contributed by atoms with Crippen LogP contribution in [-0.4, -0.2) is 42.9 Å². The summed E-state index contributed by atoms with van der Waals surface area (Å²) in [6, 6.07) is 25.3. The number of fused-ring (bicyclic) bond motifs is 1. The van der Waals surface area contributed by atoms with Crippen molar-refractivity contribution in [1.82, 2.24) is 9.80 Å². The predicted octanol–water partition coefficient (Wildman–Crippen LogP) is 4.53. The fraction of sp³-hybridized carbons (Fsp3) is 0.320. The minimum Gasteiger partial charge on any atom is -0.337 e. The summed E-state index contributed by atoms with van der Waals surface area (Å²) in [7, 11) is 4.12. The maximum Gasteiger partial charge on any atom is 0.226 e. The number of hydrogen-bond acceptors (Lipinski definition) is 2. The lowest BCUT2D eigenvalue weighted by Gasteiger charge is -2.25. The first-order chi connectivity index (χ1) is 13.6. The number of likely N-dealkylation sites (N-methyl/N-ethyl adjacent to an activating group) is 1. The van der Waals surface area contributed by atoms with Crippen molar-refractivity contribution in [2.75, 3.05) is 27.2 Å². The van der Waals surface area contributed by atoms with E-state index in [0.717, 1.165) is 19.5 Å². The second kappa shape index (κ2) is 8.15. The SMILES string of the molecule is CN(C)CCN(Cc1cccc2ccccc12)C(=O)C1CC1c1ccccc1. The zero-order valence-corrected chi connectivity index (χ0v) is 16.7. The highest BCUT2D eigenvalue weighted by Gasteiger charge is 2.45. The fourth-order valence-electron chi connectivity index (χ4n) is 3.99. The van der Waals surface area contributed by atoms with Gasteiger partial charge in [0.1, 0.15) is 0 Å². The fourth-order valence-corrected chi connectivity index (χ4v) is 3.99. The molecule has 1 amide bonds. The Morgan fingerprint density at radius 2 is 1.61 bits per heavy atom. The van der Waals surface area contributed by atoms with Crippen LogP contribution in [0.25, 0.3) is 10.8 Å². The molecule has 2 unspecified atom stereocenters. The van der Waals surface area contributed by atoms with Crippen molar-refractivity contribution in [3.8, 4) is 0 Å². The molecule has 0 aromatic heterocycles. The first-order valence-corrected chi connectivity index (χ1v) is 10.1. The summed E-state index contributed by atoms with van der Waals surface area (Å²) in [4.78, 5) is 17.6. The van der Waals surface area contributed by atoms with Gasteiger partial charge in [0.2, 0.25) is 5.91 Å². The van der Waals surface area contributed by atoms with Gasteiger partial charge in [-0.1, -0.05) is 72.8 Å². The number of nitrogens with zero attached hydrogens (tertiary/aromatic N) is 2. The average Bonchev–Trinajstić information content (AvgIpc) is 3.52. The van der Waals surface area contributed by atoms with Gasteiger partial charge in [-0.3, -0.25) is 4.79 Å². The highest BCUT2D eigenvalue weighted by Crippen LogP contribution is 2.48. The molecule has 1 fully saturated rings. The third-order valence-corrected chi connectivity index (χ3v) is 5.71. The summed E-state index contributed by atoms with van der Waals surface area (Å²) in [5, 5.41) is 2.47. The molecule has 1 aliphatic rings. The number of carbonyl (C=O) groups is 1. The van der Waals surface area contributed by atoms with E-state index in [2.05, 4.69) is 90.6 Å². The normalized spacial score (nSPS) is 18.4. The van der Waals surface area contributed by atoms with Crippen LogP contribution in [0.2, 0.25) is 0 Å². The Morgan fingerprint density at radius 1 is 0.893 bits per heavy atom. The molecule has 3 heteroatoms. The molecule has 1 aliphatic carbocycles. The van der Waals surface area contributed by atoms with Gasteiger partial charge >= 0.3 is 0 Å². The largest absolute Gasteiger partial charge is 0.337 e. The topological polar surface area (TPSA) is 23.6 Å². The summed E-state index contributed by atoms with van der Waals surface area (Å²) in [5.74, 6) is 0.797. The van der Waals surface area contributed by atoms with Gasteiger partial charge in [0.25, 0.3) is 0 Å². The molecule has 3 nitrogen and oxygen atoms in total. The van der Waals surface area contributed by atoms with E-state index >= 15 is 0 Å². The van der Waals surface area contributed by atoms with E-state index in [1.165, 1.54) is 21.9 Å². The number of benzene rings is 3. The van der Waals surface area contributed by atoms with Gasteiger partial charge in [0.05, 0.1) is 0 Å². The summed E-state index contributed by atoms with van der Waals surface area (Å²) in [5.41, 5.74) is 2.51. The summed E-state index contributed by atoms with van der Waals surface area (Å²) in [6.07, 6.45) is 0.969. The molecule has 28 heavy (non-hydrogen) atoms. The van der Waals surface area contributed by atoms with Gasteiger partial charge in [-0.05, 0) is 48.3 Å². The maximum atomic E-state index is 13.3. The summed E-state index contributed by atoms with van der Waals surface area (Å²) < 4.78 is 0. The van der Waals surface area contributed by atoms with E-state index in [0.29, 0.717) is 18.4 Å². The second-order valence-electron chi connectivity index (χ2n) is 8.06. The highest BCUT2D eigenvalue weighted by atomic mass is 16.2. The van der Waals surface area contributed by atoms with Crippen LogP contribution in [0.3, 0.4) is 0 Å². The van der Waals surface area contributed by atoms with E-state index in [4.69, 9.17) is 0 Å². The van der Waals surface area contributed by atoms with Gasteiger partial charge in [0.15, 0.2) is 0 Å². The van der Waals surface area contributed by atoms with Crippen molar-refractivity contribution in [2.24, 2.45) is 5.92 Å². The van der Waals surface area contributed by atoms with Crippen LogP contribution in [-0.2, 0) is 11.3 Å². The number of rotatable bonds is 7. The third-order valence-electron chi connectivity index (χ3n) is 5.71. The Kier molecular flexibility index (Phi) is 5.45. The Balaban J connectivity index is 1.54. The van der Waals surface area contributed by atoms with Gasteiger partial charge in [-0.25, -0.2) is 0 Å². The Labute approximate surface area is 167 Å². The standard InChI is InChI=1S/C25H28N2O/c1-26(2)15-16-27(18-21-13-8-12-19-11-6-7-14-22(19)21)25(28)24-17-23(24)20-9-4-3-5-10-20/h3-14,23-24H,15-18H2,1-2H3. The number of hydrogen-bond donors (Lipinski definition) is 0. The van der Waals surface area contributed by atoms with Gasteiger partial charge in [-0.15, -0.1) is 0 Å². The molecule has 144 valence electrons. The van der Waals surface area contributed by atoms with Crippen LogP contribution < -0.4 is 0 Å². The number of carbonyl (C=O) groups excluding carboxylic acids is 1. The maximum absolute atomic E-state index is 13.3. The zero-order valence-electron chi connectivity index (χ0n) is 16.7. The molecule has 1 saturated carbocycles. The molecule has 3 aromatic rings. The summed E-state index contributed by atoms with van der Waals surface area (Å²) >= 11 is 0. The molecular weight excluding hydrogens is 344 g/mol. The molecule has 2 atom stereocenters. The second-order valence-corrected chi connectivity index (χ2v) is 8.06. The molecule has 0 spiro atoms. The Bertz CT molecular complexity index is 946. The lowest BCUT2D eigenvalue weighted by atomic mass is 10.0. The van der Waals surface area contributed by atoms with Crippen molar-refractivity contribution < 1.29 is 4.79 Å². The van der Waals surface area contributed by atoms with Crippen molar-refractivity contribution in [1.29, 1.82) is 0 Å². The van der Waals surface area contributed by atoms with Crippen molar-refractivity contribution >= 4 is 16.7 Å². The smallest absolute Gasteiger partial charge is 0.226 e. The van der Waals surface area contributed by atoms with Crippen molar-refractivity contribution in [3.63, 3.8) is 0 Å². The van der Waals surface area contributed by atoms with Crippen LogP contribution in [0.5, 0.6) is 0 Å². The first kappa shape index (κ1) is 18.7. The lowest BCUT2D eigenvalue weighted by Crippen LogP contribution is -2.37. The highest BCUT2D eigenvalue weighted by molar-refractivity contribution is 5.87. The van der Waals surface area contributed by atoms with E-state index < -0.39 is 0 Å². The molecule has 0 heterocycles. The molecule has 4 rings (SSSR count). The van der Waals surface area contributed by atoms with Gasteiger partial charge in [0, 0.05) is 25.6 Å². The molecular formula is C25H28N2O. The average molecular weight is 373 g/mol. The molecule has 0 bridgehead atoms. The molecule has 3 aromatic carbocycles. The van der Waals surface area contributed by atoms with E-state index in [1.54, 1.807) is 0 Å². The molecule has 0 saturated heterocycles. The van der Waals surface area contributed by atoms with Gasteiger partial charge in [-0.2, -0.15) is 0 Å². The number of amides is 1. The first-order valence-electron chi connectivity index (χ1n) is 10.1. The van der Waals surface area contributed by atoms with E-state index in [-0.39, 0.29) is 5.92 Å². The van der Waals surface area contributed by atoms with Crippen molar-refractivity contribution in [3.05, 3.63) is 83.9 Å². The summed E-state index contributed by atoms with van der Waals surface area (Å²) in [6.45, 7) is 2.30. The van der Waals surface area contributed by atoms with Crippen LogP contribution in [0.15, 0.2) is 72.8 Å². The zero-order chi connectivity index (χ0) is 19.5. The van der Waals surface area contributed by atoms with Crippen LogP contribution >= 0.6 is 0 Å².